The monoisotopic (exact) mass is 228 g/mol. The molecular formula is C13H28N2O. The molecule has 1 aliphatic rings. The lowest BCUT2D eigenvalue weighted by atomic mass is 10.1. The molecule has 0 bridgehead atoms. The zero-order valence-corrected chi connectivity index (χ0v) is 11.0. The highest BCUT2D eigenvalue weighted by molar-refractivity contribution is 4.72. The van der Waals surface area contributed by atoms with Crippen LogP contribution in [-0.2, 0) is 4.74 Å². The van der Waals surface area contributed by atoms with E-state index in [4.69, 9.17) is 4.74 Å². The number of hydrogen-bond acceptors (Lipinski definition) is 3. The molecule has 3 nitrogen and oxygen atoms in total. The Labute approximate surface area is 101 Å². The van der Waals surface area contributed by atoms with Crippen LogP contribution in [-0.4, -0.2) is 50.8 Å². The Morgan fingerprint density at radius 1 is 1.25 bits per heavy atom. The number of ether oxygens (including phenoxy) is 1. The van der Waals surface area contributed by atoms with E-state index in [1.165, 1.54) is 38.6 Å². The quantitative estimate of drug-likeness (QED) is 0.642. The molecule has 1 N–H and O–H groups in total. The molecular weight excluding hydrogens is 200 g/mol. The number of rotatable bonds is 8. The van der Waals surface area contributed by atoms with Gasteiger partial charge in [-0.25, -0.2) is 0 Å². The Kier molecular flexibility index (Phi) is 7.81. The highest BCUT2D eigenvalue weighted by Gasteiger charge is 2.18. The normalized spacial score (nSPS) is 22.5. The maximum atomic E-state index is 5.69. The van der Waals surface area contributed by atoms with Crippen LogP contribution in [0.5, 0.6) is 0 Å². The summed E-state index contributed by atoms with van der Waals surface area (Å²) in [5.74, 6) is 0. The van der Waals surface area contributed by atoms with Crippen LogP contribution in [0.2, 0.25) is 0 Å². The fourth-order valence-corrected chi connectivity index (χ4v) is 2.27. The van der Waals surface area contributed by atoms with E-state index in [1.807, 2.05) is 7.05 Å². The third-order valence-corrected chi connectivity index (χ3v) is 3.23. The molecule has 1 fully saturated rings. The van der Waals surface area contributed by atoms with E-state index in [1.54, 1.807) is 0 Å². The molecule has 16 heavy (non-hydrogen) atoms. The lowest BCUT2D eigenvalue weighted by Gasteiger charge is -2.32. The van der Waals surface area contributed by atoms with Crippen LogP contribution < -0.4 is 5.32 Å². The number of hydrogen-bond donors (Lipinski definition) is 1. The van der Waals surface area contributed by atoms with Gasteiger partial charge in [0.2, 0.25) is 0 Å². The first-order valence-corrected chi connectivity index (χ1v) is 6.85. The highest BCUT2D eigenvalue weighted by atomic mass is 16.5. The van der Waals surface area contributed by atoms with Crippen LogP contribution in [0.1, 0.15) is 39.0 Å². The van der Waals surface area contributed by atoms with Gasteiger partial charge in [-0.2, -0.15) is 0 Å². The van der Waals surface area contributed by atoms with Gasteiger partial charge >= 0.3 is 0 Å². The summed E-state index contributed by atoms with van der Waals surface area (Å²) in [6, 6.07) is 0. The minimum atomic E-state index is 0.398. The molecule has 1 aliphatic heterocycles. The van der Waals surface area contributed by atoms with Gasteiger partial charge in [0.05, 0.1) is 12.7 Å². The summed E-state index contributed by atoms with van der Waals surface area (Å²) in [5.41, 5.74) is 0. The Morgan fingerprint density at radius 2 is 2.06 bits per heavy atom. The summed E-state index contributed by atoms with van der Waals surface area (Å²) < 4.78 is 5.69. The second-order valence-electron chi connectivity index (χ2n) is 4.77. The van der Waals surface area contributed by atoms with E-state index in [2.05, 4.69) is 17.1 Å². The fourth-order valence-electron chi connectivity index (χ4n) is 2.27. The van der Waals surface area contributed by atoms with E-state index in [0.717, 1.165) is 26.2 Å². The summed E-state index contributed by atoms with van der Waals surface area (Å²) >= 11 is 0. The van der Waals surface area contributed by atoms with Crippen molar-refractivity contribution in [1.29, 1.82) is 0 Å². The largest absolute Gasteiger partial charge is 0.374 e. The first-order chi connectivity index (χ1) is 7.86. The number of morpholine rings is 1. The van der Waals surface area contributed by atoms with E-state index in [0.29, 0.717) is 6.10 Å². The molecule has 0 aliphatic carbocycles. The average molecular weight is 228 g/mol. The second-order valence-corrected chi connectivity index (χ2v) is 4.77. The van der Waals surface area contributed by atoms with E-state index in [-0.39, 0.29) is 0 Å². The highest BCUT2D eigenvalue weighted by Crippen LogP contribution is 2.08. The van der Waals surface area contributed by atoms with Gasteiger partial charge in [-0.05, 0) is 20.0 Å². The second kappa shape index (κ2) is 8.97. The van der Waals surface area contributed by atoms with Crippen molar-refractivity contribution >= 4 is 0 Å². The molecule has 1 heterocycles. The molecule has 1 atom stereocenters. The van der Waals surface area contributed by atoms with Crippen molar-refractivity contribution < 1.29 is 4.74 Å². The molecule has 0 spiro atoms. The first-order valence-electron chi connectivity index (χ1n) is 6.85. The Balaban J connectivity index is 2.02. The summed E-state index contributed by atoms with van der Waals surface area (Å²) in [4.78, 5) is 2.55. The summed E-state index contributed by atoms with van der Waals surface area (Å²) in [7, 11) is 1.99. The van der Waals surface area contributed by atoms with Crippen LogP contribution in [0.3, 0.4) is 0 Å². The van der Waals surface area contributed by atoms with Gasteiger partial charge in [0.15, 0.2) is 0 Å². The SMILES string of the molecule is CCCCCCCN1CCOC(CNC)C1. The smallest absolute Gasteiger partial charge is 0.0826 e. The van der Waals surface area contributed by atoms with Crippen molar-refractivity contribution in [1.82, 2.24) is 10.2 Å². The van der Waals surface area contributed by atoms with Crippen LogP contribution >= 0.6 is 0 Å². The van der Waals surface area contributed by atoms with Gasteiger partial charge in [-0.15, -0.1) is 0 Å². The predicted octanol–water partition coefficient (Wildman–Crippen LogP) is 1.88. The molecule has 1 rings (SSSR count). The maximum Gasteiger partial charge on any atom is 0.0826 e. The molecule has 96 valence electrons. The Bertz CT molecular complexity index is 162. The lowest BCUT2D eigenvalue weighted by Crippen LogP contribution is -2.46. The van der Waals surface area contributed by atoms with Gasteiger partial charge in [0.25, 0.3) is 0 Å². The average Bonchev–Trinajstić information content (AvgIpc) is 2.30. The summed E-state index contributed by atoms with van der Waals surface area (Å²) in [6.07, 6.45) is 7.27. The standard InChI is InChI=1S/C13H28N2O/c1-3-4-5-6-7-8-15-9-10-16-13(12-15)11-14-2/h13-14H,3-12H2,1-2H3. The van der Waals surface area contributed by atoms with Crippen LogP contribution in [0.4, 0.5) is 0 Å². The summed E-state index contributed by atoms with van der Waals surface area (Å²) in [6.45, 7) is 7.63. The molecule has 1 unspecified atom stereocenters. The van der Waals surface area contributed by atoms with Gasteiger partial charge in [0, 0.05) is 19.6 Å². The van der Waals surface area contributed by atoms with E-state index < -0.39 is 0 Å². The third kappa shape index (κ3) is 5.83. The molecule has 1 saturated heterocycles. The van der Waals surface area contributed by atoms with Gasteiger partial charge in [-0.1, -0.05) is 32.6 Å². The Hall–Kier alpha value is -0.120. The zero-order chi connectivity index (χ0) is 11.6. The maximum absolute atomic E-state index is 5.69. The minimum Gasteiger partial charge on any atom is -0.374 e. The zero-order valence-electron chi connectivity index (χ0n) is 11.0. The molecule has 0 amide bonds. The number of unbranched alkanes of at least 4 members (excludes halogenated alkanes) is 4. The lowest BCUT2D eigenvalue weighted by molar-refractivity contribution is -0.0266. The number of nitrogens with one attached hydrogen (secondary N) is 1. The third-order valence-electron chi connectivity index (χ3n) is 3.23. The fraction of sp³-hybridized carbons (Fsp3) is 1.00. The van der Waals surface area contributed by atoms with Crippen LogP contribution in [0.15, 0.2) is 0 Å². The van der Waals surface area contributed by atoms with Crippen molar-refractivity contribution in [2.24, 2.45) is 0 Å². The van der Waals surface area contributed by atoms with Crippen LogP contribution in [0.25, 0.3) is 0 Å². The van der Waals surface area contributed by atoms with Crippen molar-refractivity contribution in [2.45, 2.75) is 45.1 Å². The molecule has 0 radical (unpaired) electrons. The van der Waals surface area contributed by atoms with Gasteiger partial charge in [0.1, 0.15) is 0 Å². The molecule has 3 heteroatoms. The Morgan fingerprint density at radius 3 is 2.81 bits per heavy atom. The molecule has 0 aromatic carbocycles. The van der Waals surface area contributed by atoms with Gasteiger partial charge in [-0.3, -0.25) is 4.90 Å². The van der Waals surface area contributed by atoms with Gasteiger partial charge < -0.3 is 10.1 Å². The van der Waals surface area contributed by atoms with Crippen LogP contribution in [0, 0.1) is 0 Å². The van der Waals surface area contributed by atoms with Crippen molar-refractivity contribution in [3.63, 3.8) is 0 Å². The predicted molar refractivity (Wildman–Crippen MR) is 68.9 cm³/mol. The topological polar surface area (TPSA) is 24.5 Å². The minimum absolute atomic E-state index is 0.398. The first kappa shape index (κ1) is 13.9. The molecule has 0 saturated carbocycles. The number of nitrogens with zero attached hydrogens (tertiary/aromatic N) is 1. The number of likely N-dealkylation sites (N-methyl/N-ethyl adjacent to an activating group) is 1. The molecule has 0 aromatic heterocycles. The van der Waals surface area contributed by atoms with E-state index >= 15 is 0 Å². The summed E-state index contributed by atoms with van der Waals surface area (Å²) in [5, 5.41) is 3.19. The van der Waals surface area contributed by atoms with Crippen molar-refractivity contribution in [3.8, 4) is 0 Å². The van der Waals surface area contributed by atoms with Crippen molar-refractivity contribution in [3.05, 3.63) is 0 Å². The van der Waals surface area contributed by atoms with Crippen molar-refractivity contribution in [2.75, 3.05) is 39.8 Å². The molecule has 0 aromatic rings. The van der Waals surface area contributed by atoms with E-state index in [9.17, 15) is 0 Å².